The van der Waals surface area contributed by atoms with Gasteiger partial charge in [0.15, 0.2) is 11.6 Å². The molecule has 0 spiro atoms. The lowest BCUT2D eigenvalue weighted by Gasteiger charge is -2.15. The minimum Gasteiger partial charge on any atom is -0.370 e. The minimum absolute atomic E-state index is 0.152. The SMILES string of the molecule is CC(=O)c1c(I)c(C(C)=O)c(I)c(C(=O)ON)c1I. The summed E-state index contributed by atoms with van der Waals surface area (Å²) in [6.45, 7) is 2.77. The summed E-state index contributed by atoms with van der Waals surface area (Å²) < 4.78 is 1.43. The number of benzene rings is 1. The number of rotatable bonds is 3. The van der Waals surface area contributed by atoms with E-state index in [0.717, 1.165) is 0 Å². The van der Waals surface area contributed by atoms with Gasteiger partial charge in [0, 0.05) is 21.8 Å². The van der Waals surface area contributed by atoms with E-state index in [2.05, 4.69) is 4.84 Å². The highest BCUT2D eigenvalue weighted by Crippen LogP contribution is 2.33. The molecule has 1 rings (SSSR count). The van der Waals surface area contributed by atoms with Crippen molar-refractivity contribution < 1.29 is 19.2 Å². The second-order valence-corrected chi connectivity index (χ2v) is 6.82. The Bertz CT molecular complexity index is 557. The second kappa shape index (κ2) is 6.76. The Morgan fingerprint density at radius 3 is 1.42 bits per heavy atom. The molecule has 102 valence electrons. The zero-order valence-electron chi connectivity index (χ0n) is 9.84. The molecule has 0 saturated carbocycles. The van der Waals surface area contributed by atoms with Gasteiger partial charge in [0.2, 0.25) is 0 Å². The van der Waals surface area contributed by atoms with Gasteiger partial charge in [-0.3, -0.25) is 9.59 Å². The maximum Gasteiger partial charge on any atom is 0.358 e. The Balaban J connectivity index is 3.90. The Labute approximate surface area is 150 Å². The first-order chi connectivity index (χ1) is 8.73. The van der Waals surface area contributed by atoms with Crippen LogP contribution in [0.3, 0.4) is 0 Å². The largest absolute Gasteiger partial charge is 0.370 e. The third kappa shape index (κ3) is 3.26. The van der Waals surface area contributed by atoms with Gasteiger partial charge in [0.25, 0.3) is 0 Å². The number of nitrogens with two attached hydrogens (primary N) is 1. The number of halogens is 3. The maximum atomic E-state index is 11.7. The van der Waals surface area contributed by atoms with Crippen LogP contribution in [0.15, 0.2) is 0 Å². The molecule has 5 nitrogen and oxygen atoms in total. The molecule has 0 bridgehead atoms. The third-order valence-corrected chi connectivity index (χ3v) is 5.57. The summed E-state index contributed by atoms with van der Waals surface area (Å²) in [6.07, 6.45) is 0. The van der Waals surface area contributed by atoms with Crippen molar-refractivity contribution in [1.29, 1.82) is 0 Å². The zero-order chi connectivity index (χ0) is 14.9. The van der Waals surface area contributed by atoms with Crippen LogP contribution in [0, 0.1) is 10.7 Å². The molecular weight excluding hydrogens is 591 g/mol. The molecule has 0 aromatic heterocycles. The van der Waals surface area contributed by atoms with E-state index < -0.39 is 5.97 Å². The second-order valence-electron chi connectivity index (χ2n) is 3.58. The fraction of sp³-hybridized carbons (Fsp3) is 0.182. The van der Waals surface area contributed by atoms with Crippen molar-refractivity contribution in [3.63, 3.8) is 0 Å². The van der Waals surface area contributed by atoms with Crippen molar-refractivity contribution >= 4 is 85.3 Å². The smallest absolute Gasteiger partial charge is 0.358 e. The lowest BCUT2D eigenvalue weighted by atomic mass is 10.0. The van der Waals surface area contributed by atoms with Crippen LogP contribution in [-0.2, 0) is 4.84 Å². The molecule has 0 aliphatic carbocycles. The van der Waals surface area contributed by atoms with Crippen molar-refractivity contribution in [2.75, 3.05) is 0 Å². The van der Waals surface area contributed by atoms with Crippen LogP contribution in [0.2, 0.25) is 0 Å². The highest BCUT2D eigenvalue weighted by Gasteiger charge is 2.28. The van der Waals surface area contributed by atoms with Crippen LogP contribution >= 0.6 is 67.8 Å². The molecule has 0 atom stereocenters. The fourth-order valence-electron chi connectivity index (χ4n) is 1.52. The number of Topliss-reactive ketones (excluding diaryl/α,β-unsaturated/α-hetero) is 2. The predicted molar refractivity (Wildman–Crippen MR) is 94.2 cm³/mol. The first-order valence-corrected chi connectivity index (χ1v) is 8.11. The van der Waals surface area contributed by atoms with Gasteiger partial charge in [-0.15, -0.1) is 0 Å². The molecule has 0 saturated heterocycles. The van der Waals surface area contributed by atoms with Gasteiger partial charge in [-0.2, -0.15) is 5.90 Å². The summed E-state index contributed by atoms with van der Waals surface area (Å²) in [5.74, 6) is 3.69. The Morgan fingerprint density at radius 1 is 0.842 bits per heavy atom. The Morgan fingerprint density at radius 2 is 1.16 bits per heavy atom. The van der Waals surface area contributed by atoms with Crippen LogP contribution in [-0.4, -0.2) is 17.5 Å². The standard InChI is InChI=1S/C11H8I3NO4/c1-3(16)5-8(12)6(4(2)17)10(14)7(9(5)13)11(18)19-15/h15H2,1-2H3. The van der Waals surface area contributed by atoms with Crippen LogP contribution in [0.1, 0.15) is 44.9 Å². The summed E-state index contributed by atoms with van der Waals surface area (Å²) in [7, 11) is 0. The van der Waals surface area contributed by atoms with E-state index in [0.29, 0.717) is 21.8 Å². The molecule has 2 N–H and O–H groups in total. The van der Waals surface area contributed by atoms with Crippen molar-refractivity contribution in [1.82, 2.24) is 0 Å². The number of carbonyl (C=O) groups is 3. The summed E-state index contributed by atoms with van der Waals surface area (Å²) >= 11 is 5.72. The highest BCUT2D eigenvalue weighted by molar-refractivity contribution is 14.1. The zero-order valence-corrected chi connectivity index (χ0v) is 16.3. The summed E-state index contributed by atoms with van der Waals surface area (Å²) in [4.78, 5) is 39.4. The van der Waals surface area contributed by atoms with Gasteiger partial charge < -0.3 is 4.84 Å². The van der Waals surface area contributed by atoms with Crippen molar-refractivity contribution in [3.8, 4) is 0 Å². The van der Waals surface area contributed by atoms with E-state index in [1.54, 1.807) is 0 Å². The minimum atomic E-state index is -0.768. The normalized spacial score (nSPS) is 10.2. The quantitative estimate of drug-likeness (QED) is 0.329. The first kappa shape index (κ1) is 17.2. The van der Waals surface area contributed by atoms with Crippen LogP contribution in [0.4, 0.5) is 0 Å². The first-order valence-electron chi connectivity index (χ1n) is 4.87. The van der Waals surface area contributed by atoms with Gasteiger partial charge in [-0.25, -0.2) is 4.79 Å². The van der Waals surface area contributed by atoms with E-state index >= 15 is 0 Å². The van der Waals surface area contributed by atoms with E-state index in [9.17, 15) is 14.4 Å². The van der Waals surface area contributed by atoms with Gasteiger partial charge in [-0.1, -0.05) is 0 Å². The average molecular weight is 599 g/mol. The number of carbonyl (C=O) groups excluding carboxylic acids is 3. The summed E-state index contributed by atoms with van der Waals surface area (Å²) in [5.41, 5.74) is 0.832. The van der Waals surface area contributed by atoms with Crippen LogP contribution in [0.5, 0.6) is 0 Å². The number of ketones is 2. The number of hydrogen-bond acceptors (Lipinski definition) is 5. The molecule has 0 aliphatic rings. The van der Waals surface area contributed by atoms with E-state index in [1.165, 1.54) is 13.8 Å². The fourth-order valence-corrected chi connectivity index (χ4v) is 6.65. The molecule has 0 aliphatic heterocycles. The highest BCUT2D eigenvalue weighted by atomic mass is 127. The molecule has 1 aromatic rings. The molecule has 0 unspecified atom stereocenters. The van der Waals surface area contributed by atoms with Gasteiger partial charge in [-0.05, 0) is 81.6 Å². The molecule has 1 aromatic carbocycles. The lowest BCUT2D eigenvalue weighted by Crippen LogP contribution is -2.19. The molecular formula is C11H8I3NO4. The number of hydrogen-bond donors (Lipinski definition) is 1. The lowest BCUT2D eigenvalue weighted by molar-refractivity contribution is 0.0501. The Hall–Kier alpha value is 0.180. The van der Waals surface area contributed by atoms with Crippen LogP contribution in [0.25, 0.3) is 0 Å². The van der Waals surface area contributed by atoms with Crippen molar-refractivity contribution in [2.45, 2.75) is 13.8 Å². The van der Waals surface area contributed by atoms with Gasteiger partial charge in [0.05, 0.1) is 5.56 Å². The van der Waals surface area contributed by atoms with Crippen LogP contribution < -0.4 is 5.90 Å². The molecule has 0 radical (unpaired) electrons. The molecule has 8 heteroatoms. The Kier molecular flexibility index (Phi) is 6.13. The van der Waals surface area contributed by atoms with Crippen molar-refractivity contribution in [3.05, 3.63) is 27.4 Å². The van der Waals surface area contributed by atoms with E-state index in [-0.39, 0.29) is 17.1 Å². The topological polar surface area (TPSA) is 86.5 Å². The summed E-state index contributed by atoms with van der Waals surface area (Å²) in [5, 5.41) is 0. The third-order valence-electron chi connectivity index (χ3n) is 2.33. The molecule has 19 heavy (non-hydrogen) atoms. The monoisotopic (exact) mass is 599 g/mol. The average Bonchev–Trinajstić information content (AvgIpc) is 2.26. The van der Waals surface area contributed by atoms with Gasteiger partial charge >= 0.3 is 5.97 Å². The molecule has 0 fully saturated rings. The van der Waals surface area contributed by atoms with Crippen molar-refractivity contribution in [2.24, 2.45) is 5.90 Å². The van der Waals surface area contributed by atoms with E-state index in [4.69, 9.17) is 5.90 Å². The maximum absolute atomic E-state index is 11.7. The summed E-state index contributed by atoms with van der Waals surface area (Å²) in [6, 6.07) is 0. The molecule has 0 heterocycles. The van der Waals surface area contributed by atoms with E-state index in [1.807, 2.05) is 67.8 Å². The molecule has 0 amide bonds. The predicted octanol–water partition coefficient (Wildman–Crippen LogP) is 2.94. The van der Waals surface area contributed by atoms with Gasteiger partial charge in [0.1, 0.15) is 0 Å².